The van der Waals surface area contributed by atoms with Crippen molar-refractivity contribution < 1.29 is 5.21 Å². The molecule has 0 saturated heterocycles. The summed E-state index contributed by atoms with van der Waals surface area (Å²) in [7, 11) is 1.97. The number of oxime groups is 1. The van der Waals surface area contributed by atoms with E-state index in [2.05, 4.69) is 39.8 Å². The minimum absolute atomic E-state index is 0.106. The number of amidine groups is 1. The Morgan fingerprint density at radius 1 is 1.50 bits per heavy atom. The van der Waals surface area contributed by atoms with Crippen molar-refractivity contribution in [2.45, 2.75) is 19.9 Å². The molecule has 0 saturated carbocycles. The van der Waals surface area contributed by atoms with Crippen LogP contribution in [0, 0.1) is 0 Å². The Balaban J connectivity index is 3.34. The number of hydrogen-bond donors (Lipinski definition) is 2. The molecule has 0 amide bonds. The summed E-state index contributed by atoms with van der Waals surface area (Å²) >= 11 is 3.41. The van der Waals surface area contributed by atoms with Gasteiger partial charge in [-0.15, -0.1) is 0 Å². The van der Waals surface area contributed by atoms with Crippen LogP contribution < -0.4 is 10.6 Å². The van der Waals surface area contributed by atoms with E-state index in [1.54, 1.807) is 0 Å². The number of rotatable bonds is 3. The lowest BCUT2D eigenvalue weighted by Gasteiger charge is -2.26. The van der Waals surface area contributed by atoms with Crippen molar-refractivity contribution in [3.05, 3.63) is 28.2 Å². The lowest BCUT2D eigenvalue weighted by molar-refractivity contribution is 0.318. The zero-order valence-electron chi connectivity index (χ0n) is 9.61. The third kappa shape index (κ3) is 2.47. The predicted octanol–water partition coefficient (Wildman–Crippen LogP) is 2.39. The fraction of sp³-hybridized carbons (Fsp3) is 0.364. The summed E-state index contributed by atoms with van der Waals surface area (Å²) in [5, 5.41) is 11.8. The maximum atomic E-state index is 8.78. The largest absolute Gasteiger partial charge is 0.409 e. The van der Waals surface area contributed by atoms with Crippen LogP contribution in [0.3, 0.4) is 0 Å². The van der Waals surface area contributed by atoms with E-state index in [0.29, 0.717) is 11.6 Å². The fourth-order valence-corrected chi connectivity index (χ4v) is 1.95. The molecule has 88 valence electrons. The average molecular weight is 286 g/mol. The number of nitrogens with zero attached hydrogens (tertiary/aromatic N) is 2. The summed E-state index contributed by atoms with van der Waals surface area (Å²) in [6.45, 7) is 4.16. The highest BCUT2D eigenvalue weighted by molar-refractivity contribution is 9.10. The van der Waals surface area contributed by atoms with Crippen LogP contribution >= 0.6 is 15.9 Å². The van der Waals surface area contributed by atoms with Gasteiger partial charge in [0, 0.05) is 23.2 Å². The Labute approximate surface area is 104 Å². The van der Waals surface area contributed by atoms with E-state index in [9.17, 15) is 0 Å². The molecule has 0 bridgehead atoms. The van der Waals surface area contributed by atoms with E-state index in [1.807, 2.05) is 25.2 Å². The number of hydrogen-bond acceptors (Lipinski definition) is 3. The molecule has 0 radical (unpaired) electrons. The van der Waals surface area contributed by atoms with Crippen LogP contribution in [0.25, 0.3) is 0 Å². The molecule has 0 fully saturated rings. The smallest absolute Gasteiger partial charge is 0.173 e. The lowest BCUT2D eigenvalue weighted by Crippen LogP contribution is -2.29. The molecular formula is C11H16BrN3O. The highest BCUT2D eigenvalue weighted by atomic mass is 79.9. The first-order chi connectivity index (χ1) is 7.49. The summed E-state index contributed by atoms with van der Waals surface area (Å²) < 4.78 is 0.813. The summed E-state index contributed by atoms with van der Waals surface area (Å²) in [6, 6.07) is 6.06. The van der Waals surface area contributed by atoms with Crippen LogP contribution in [0.15, 0.2) is 27.8 Å². The van der Waals surface area contributed by atoms with Crippen molar-refractivity contribution in [1.29, 1.82) is 0 Å². The molecule has 4 nitrogen and oxygen atoms in total. The first kappa shape index (κ1) is 12.8. The first-order valence-corrected chi connectivity index (χ1v) is 5.77. The van der Waals surface area contributed by atoms with Gasteiger partial charge in [-0.25, -0.2) is 0 Å². The summed E-state index contributed by atoms with van der Waals surface area (Å²) in [5.74, 6) is 0.106. The lowest BCUT2D eigenvalue weighted by atomic mass is 10.1. The number of benzene rings is 1. The molecule has 0 aromatic heterocycles. The molecule has 5 heteroatoms. The number of nitrogens with two attached hydrogens (primary N) is 1. The fourth-order valence-electron chi connectivity index (χ4n) is 1.39. The maximum absolute atomic E-state index is 8.78. The molecule has 0 unspecified atom stereocenters. The van der Waals surface area contributed by atoms with Gasteiger partial charge in [-0.05, 0) is 41.9 Å². The van der Waals surface area contributed by atoms with Gasteiger partial charge in [0.1, 0.15) is 0 Å². The van der Waals surface area contributed by atoms with Gasteiger partial charge in [-0.3, -0.25) is 0 Å². The number of halogens is 1. The summed E-state index contributed by atoms with van der Waals surface area (Å²) in [6.07, 6.45) is 0. The van der Waals surface area contributed by atoms with Crippen molar-refractivity contribution in [1.82, 2.24) is 0 Å². The van der Waals surface area contributed by atoms with E-state index >= 15 is 0 Å². The second-order valence-electron chi connectivity index (χ2n) is 3.82. The van der Waals surface area contributed by atoms with Crippen LogP contribution in [0.5, 0.6) is 0 Å². The maximum Gasteiger partial charge on any atom is 0.173 e. The Kier molecular flexibility index (Phi) is 4.18. The molecule has 0 spiro atoms. The van der Waals surface area contributed by atoms with Crippen LogP contribution in [-0.2, 0) is 0 Å². The molecule has 0 atom stereocenters. The van der Waals surface area contributed by atoms with E-state index in [-0.39, 0.29) is 5.84 Å². The summed E-state index contributed by atoms with van der Waals surface area (Å²) in [4.78, 5) is 2.07. The van der Waals surface area contributed by atoms with Crippen molar-refractivity contribution in [2.75, 3.05) is 11.9 Å². The standard InChI is InChI=1S/C11H16BrN3O/c1-7(2)15(3)9-6-4-5-8(12)10(9)11(13)14-16/h4-7,16H,1-3H3,(H2,13,14). The van der Waals surface area contributed by atoms with Crippen LogP contribution in [0.4, 0.5) is 5.69 Å². The first-order valence-electron chi connectivity index (χ1n) is 4.98. The molecular weight excluding hydrogens is 270 g/mol. The van der Waals surface area contributed by atoms with Gasteiger partial charge in [-0.2, -0.15) is 0 Å². The average Bonchev–Trinajstić information content (AvgIpc) is 2.26. The van der Waals surface area contributed by atoms with E-state index < -0.39 is 0 Å². The second-order valence-corrected chi connectivity index (χ2v) is 4.68. The van der Waals surface area contributed by atoms with Crippen molar-refractivity contribution in [3.8, 4) is 0 Å². The van der Waals surface area contributed by atoms with Crippen LogP contribution in [0.1, 0.15) is 19.4 Å². The molecule has 1 aromatic rings. The minimum Gasteiger partial charge on any atom is -0.409 e. The van der Waals surface area contributed by atoms with Crippen molar-refractivity contribution in [2.24, 2.45) is 10.9 Å². The van der Waals surface area contributed by atoms with Gasteiger partial charge in [0.15, 0.2) is 5.84 Å². The molecule has 0 heterocycles. The molecule has 3 N–H and O–H groups in total. The van der Waals surface area contributed by atoms with Gasteiger partial charge in [0.2, 0.25) is 0 Å². The Morgan fingerprint density at radius 2 is 2.12 bits per heavy atom. The van der Waals surface area contributed by atoms with Gasteiger partial charge in [0.25, 0.3) is 0 Å². The zero-order chi connectivity index (χ0) is 12.3. The van der Waals surface area contributed by atoms with Gasteiger partial charge < -0.3 is 15.8 Å². The molecule has 1 rings (SSSR count). The quantitative estimate of drug-likeness (QED) is 0.388. The second kappa shape index (κ2) is 5.21. The minimum atomic E-state index is 0.106. The van der Waals surface area contributed by atoms with Crippen LogP contribution in [-0.4, -0.2) is 24.1 Å². The predicted molar refractivity (Wildman–Crippen MR) is 70.2 cm³/mol. The Morgan fingerprint density at radius 3 is 2.62 bits per heavy atom. The van der Waals surface area contributed by atoms with Crippen molar-refractivity contribution in [3.63, 3.8) is 0 Å². The normalized spacial score (nSPS) is 11.9. The third-order valence-corrected chi connectivity index (χ3v) is 3.17. The summed E-state index contributed by atoms with van der Waals surface area (Å²) in [5.41, 5.74) is 7.32. The molecule has 16 heavy (non-hydrogen) atoms. The SMILES string of the molecule is CC(C)N(C)c1cccc(Br)c1/C(N)=N/O. The highest BCUT2D eigenvalue weighted by Crippen LogP contribution is 2.28. The monoisotopic (exact) mass is 285 g/mol. The number of anilines is 1. The Hall–Kier alpha value is -1.23. The van der Waals surface area contributed by atoms with Crippen molar-refractivity contribution >= 4 is 27.5 Å². The third-order valence-electron chi connectivity index (χ3n) is 2.51. The van der Waals surface area contributed by atoms with Crippen LogP contribution in [0.2, 0.25) is 0 Å². The van der Waals surface area contributed by atoms with E-state index in [4.69, 9.17) is 10.9 Å². The van der Waals surface area contributed by atoms with Gasteiger partial charge in [-0.1, -0.05) is 11.2 Å². The molecule has 1 aromatic carbocycles. The molecule has 0 aliphatic heterocycles. The highest BCUT2D eigenvalue weighted by Gasteiger charge is 2.15. The van der Waals surface area contributed by atoms with E-state index in [1.165, 1.54) is 0 Å². The van der Waals surface area contributed by atoms with Gasteiger partial charge in [0.05, 0.1) is 5.56 Å². The van der Waals surface area contributed by atoms with E-state index in [0.717, 1.165) is 10.2 Å². The zero-order valence-corrected chi connectivity index (χ0v) is 11.2. The Bertz CT molecular complexity index is 404. The topological polar surface area (TPSA) is 61.8 Å². The molecule has 0 aliphatic rings. The molecule has 0 aliphatic carbocycles. The van der Waals surface area contributed by atoms with Gasteiger partial charge >= 0.3 is 0 Å².